The normalized spacial score (nSPS) is 12.4. The molecule has 0 saturated heterocycles. The Morgan fingerprint density at radius 2 is 0.656 bits per heavy atom. The summed E-state index contributed by atoms with van der Waals surface area (Å²) >= 11 is 0. The van der Waals surface area contributed by atoms with E-state index in [4.69, 9.17) is 9.96 Å². The van der Waals surface area contributed by atoms with Crippen LogP contribution in [0.1, 0.15) is 104 Å². The van der Waals surface area contributed by atoms with Gasteiger partial charge in [-0.3, -0.25) is 0 Å². The van der Waals surface area contributed by atoms with Gasteiger partial charge in [0.05, 0.1) is 0 Å². The molecule has 3 nitrogen and oxygen atoms in total. The van der Waals surface area contributed by atoms with Gasteiger partial charge in [0, 0.05) is 0 Å². The number of nitrogens with zero attached hydrogens (tertiary/aromatic N) is 3. The molecule has 0 aliphatic carbocycles. The molecule has 32 heavy (non-hydrogen) atoms. The van der Waals surface area contributed by atoms with Gasteiger partial charge in [0.15, 0.2) is 0 Å². The van der Waals surface area contributed by atoms with Gasteiger partial charge in [-0.25, -0.2) is 0 Å². The fourth-order valence-corrected chi connectivity index (χ4v) is 10.9. The predicted octanol–water partition coefficient (Wildman–Crippen LogP) is 9.67. The van der Waals surface area contributed by atoms with E-state index in [9.17, 15) is 0 Å². The molecule has 0 atom stereocenters. The molecule has 0 rings (SSSR count). The molecule has 0 aliphatic heterocycles. The molecular weight excluding hydrogens is 469 g/mol. The van der Waals surface area contributed by atoms with E-state index in [2.05, 4.69) is 109 Å². The summed E-state index contributed by atoms with van der Waals surface area (Å²) in [5.41, 5.74) is 0.350. The zero-order valence-electron chi connectivity index (χ0n) is 25.0. The molecule has 0 amide bonds. The zero-order valence-corrected chi connectivity index (χ0v) is 28.1. The third-order valence-electron chi connectivity index (χ3n) is 6.44. The van der Waals surface area contributed by atoms with Crippen molar-refractivity contribution in [1.82, 2.24) is 4.90 Å². The van der Waals surface area contributed by atoms with Gasteiger partial charge >= 0.3 is 16.8 Å². The molecule has 198 valence electrons. The van der Waals surface area contributed by atoms with Gasteiger partial charge in [0.2, 0.25) is 0 Å². The van der Waals surface area contributed by atoms with Gasteiger partial charge in [0.25, 0.3) is 0 Å². The second-order valence-electron chi connectivity index (χ2n) is 10.8. The first-order chi connectivity index (χ1) is 14.1. The molecule has 6 heteroatoms. The fourth-order valence-electron chi connectivity index (χ4n) is 4.07. The summed E-state index contributed by atoms with van der Waals surface area (Å²) < 4.78 is 0. The Hall–Kier alpha value is 0.820. The molecule has 0 aromatic rings. The first-order valence-electron chi connectivity index (χ1n) is 13.3. The predicted molar refractivity (Wildman–Crippen MR) is 154 cm³/mol. The van der Waals surface area contributed by atoms with E-state index in [0.29, 0.717) is 0 Å². The second kappa shape index (κ2) is 20.1. The molecule has 0 heterocycles. The van der Waals surface area contributed by atoms with Crippen LogP contribution in [-0.4, -0.2) is 52.1 Å². The summed E-state index contributed by atoms with van der Waals surface area (Å²) in [7, 11) is -2.46. The largest absolute Gasteiger partial charge is 3.00 e. The maximum Gasteiger partial charge on any atom is 3.00 e. The van der Waals surface area contributed by atoms with Gasteiger partial charge in [0.1, 0.15) is 0 Å². The molecule has 0 N–H and O–H groups in total. The molecule has 0 saturated carbocycles. The Labute approximate surface area is 218 Å². The molecule has 0 aromatic heterocycles. The van der Waals surface area contributed by atoms with Crippen LogP contribution in [0.25, 0.3) is 9.96 Å². The van der Waals surface area contributed by atoms with E-state index in [-0.39, 0.29) is 27.9 Å². The topological polar surface area (TPSA) is 31.4 Å². The van der Waals surface area contributed by atoms with Gasteiger partial charge in [-0.15, -0.1) is 11.1 Å². The van der Waals surface area contributed by atoms with Crippen LogP contribution in [0.4, 0.5) is 0 Å². The maximum absolute atomic E-state index is 5.03. The molecule has 0 unspecified atom stereocenters. The minimum Gasteiger partial charge on any atom is -0.659 e. The van der Waals surface area contributed by atoms with Crippen molar-refractivity contribution in [2.45, 2.75) is 151 Å². The van der Waals surface area contributed by atoms with Crippen LogP contribution in [0, 0.1) is 0 Å². The molecule has 0 spiro atoms. The van der Waals surface area contributed by atoms with E-state index in [1.54, 1.807) is 0 Å². The van der Waals surface area contributed by atoms with Crippen LogP contribution in [0.3, 0.4) is 0 Å². The monoisotopic (exact) mass is 532 g/mol. The minimum atomic E-state index is -1.23. The van der Waals surface area contributed by atoms with Crippen molar-refractivity contribution >= 4 is 16.5 Å². The van der Waals surface area contributed by atoms with Gasteiger partial charge < -0.3 is 14.9 Å². The van der Waals surface area contributed by atoms with Crippen LogP contribution < -0.4 is 0 Å². The molecule has 0 radical (unpaired) electrons. The standard InChI is InChI=1S/2C10H24NSi.C6H15N.Co/c2*1-7-12(8-2,9-3)11-10(4,5)6;1-4-7(5-2)6-3;/h2*7-9H2,1-6H3;4-6H2,1-3H3;/q2*-1;;+3. The van der Waals surface area contributed by atoms with E-state index in [0.717, 1.165) is 0 Å². The van der Waals surface area contributed by atoms with Crippen LogP contribution in [-0.2, 0) is 16.8 Å². The summed E-state index contributed by atoms with van der Waals surface area (Å²) in [5, 5.41) is 0. The van der Waals surface area contributed by atoms with Gasteiger partial charge in [-0.2, -0.15) is 0 Å². The van der Waals surface area contributed by atoms with Crippen molar-refractivity contribution in [3.05, 3.63) is 9.96 Å². The Bertz CT molecular complexity index is 341. The molecule has 0 aromatic carbocycles. The molecular formula is C26H63CoN3Si2+. The van der Waals surface area contributed by atoms with Crippen molar-refractivity contribution in [1.29, 1.82) is 0 Å². The van der Waals surface area contributed by atoms with Crippen molar-refractivity contribution < 1.29 is 16.8 Å². The zero-order chi connectivity index (χ0) is 25.4. The maximum atomic E-state index is 5.03. The quantitative estimate of drug-likeness (QED) is 0.244. The minimum absolute atomic E-state index is 0. The molecule has 0 fully saturated rings. The summed E-state index contributed by atoms with van der Waals surface area (Å²) in [6, 6.07) is 7.82. The van der Waals surface area contributed by atoms with Crippen LogP contribution >= 0.6 is 0 Å². The molecule has 0 bridgehead atoms. The average Bonchev–Trinajstić information content (AvgIpc) is 2.71. The fraction of sp³-hybridized carbons (Fsp3) is 1.00. The van der Waals surface area contributed by atoms with Crippen molar-refractivity contribution in [2.75, 3.05) is 19.6 Å². The Morgan fingerprint density at radius 3 is 0.688 bits per heavy atom. The summed E-state index contributed by atoms with van der Waals surface area (Å²) in [4.78, 5) is 12.4. The van der Waals surface area contributed by atoms with Crippen LogP contribution in [0.5, 0.6) is 0 Å². The van der Waals surface area contributed by atoms with Crippen molar-refractivity contribution in [3.63, 3.8) is 0 Å². The van der Waals surface area contributed by atoms with E-state index in [1.165, 1.54) is 55.9 Å². The first kappa shape index (κ1) is 40.0. The number of hydrogen-bond donors (Lipinski definition) is 0. The van der Waals surface area contributed by atoms with Gasteiger partial charge in [-0.1, -0.05) is 157 Å². The van der Waals surface area contributed by atoms with Gasteiger partial charge in [-0.05, 0) is 19.6 Å². The number of rotatable bonds is 11. The Kier molecular flexibility index (Phi) is 25.1. The van der Waals surface area contributed by atoms with E-state index >= 15 is 0 Å². The van der Waals surface area contributed by atoms with E-state index < -0.39 is 16.5 Å². The SMILES string of the molecule is CCN(CC)CC.CC[Si](CC)(CC)[N-]C(C)(C)C.CC[Si](CC)(CC)[N-]C(C)(C)C.[Co+3]. The Morgan fingerprint density at radius 1 is 0.469 bits per heavy atom. The van der Waals surface area contributed by atoms with Crippen LogP contribution in [0.2, 0.25) is 36.3 Å². The second-order valence-corrected chi connectivity index (χ2v) is 20.3. The van der Waals surface area contributed by atoms with E-state index in [1.807, 2.05) is 0 Å². The summed E-state index contributed by atoms with van der Waals surface area (Å²) in [6.45, 7) is 37.2. The summed E-state index contributed by atoms with van der Waals surface area (Å²) in [5.74, 6) is 0. The van der Waals surface area contributed by atoms with Crippen molar-refractivity contribution in [2.24, 2.45) is 0 Å². The average molecular weight is 533 g/mol. The van der Waals surface area contributed by atoms with Crippen LogP contribution in [0.15, 0.2) is 0 Å². The molecule has 0 aliphatic rings. The third kappa shape index (κ3) is 20.2. The Balaban J connectivity index is -0.000000188. The first-order valence-corrected chi connectivity index (χ1v) is 18.5. The smallest absolute Gasteiger partial charge is 0.659 e. The summed E-state index contributed by atoms with van der Waals surface area (Å²) in [6.07, 6.45) is 0. The third-order valence-corrected chi connectivity index (χ3v) is 16.6. The number of hydrogen-bond acceptors (Lipinski definition) is 1. The van der Waals surface area contributed by atoms with Crippen molar-refractivity contribution in [3.8, 4) is 0 Å².